The second-order valence-corrected chi connectivity index (χ2v) is 7.28. The fraction of sp³-hybridized carbons (Fsp3) is 0.333. The van der Waals surface area contributed by atoms with E-state index in [1.54, 1.807) is 28.8 Å². The number of benzene rings is 2. The quantitative estimate of drug-likeness (QED) is 0.715. The van der Waals surface area contributed by atoms with Gasteiger partial charge in [-0.2, -0.15) is 0 Å². The highest BCUT2D eigenvalue weighted by molar-refractivity contribution is 7.99. The van der Waals surface area contributed by atoms with Crippen molar-refractivity contribution < 1.29 is 14.0 Å². The number of carbonyl (C=O) groups is 2. The Kier molecular flexibility index (Phi) is 8.33. The molecule has 0 aliphatic heterocycles. The number of amides is 2. The van der Waals surface area contributed by atoms with Crippen molar-refractivity contribution in [2.75, 3.05) is 18.8 Å². The Hall–Kier alpha value is -2.34. The van der Waals surface area contributed by atoms with Crippen LogP contribution in [0.25, 0.3) is 0 Å². The second kappa shape index (κ2) is 10.7. The van der Waals surface area contributed by atoms with Crippen LogP contribution >= 0.6 is 11.8 Å². The van der Waals surface area contributed by atoms with Gasteiger partial charge in [0.2, 0.25) is 11.8 Å². The maximum Gasteiger partial charge on any atom is 0.239 e. The van der Waals surface area contributed by atoms with Gasteiger partial charge in [-0.3, -0.25) is 9.59 Å². The van der Waals surface area contributed by atoms with Crippen molar-refractivity contribution in [2.45, 2.75) is 26.1 Å². The number of halogens is 1. The minimum Gasteiger partial charge on any atom is -0.350 e. The summed E-state index contributed by atoms with van der Waals surface area (Å²) in [7, 11) is 0. The van der Waals surface area contributed by atoms with E-state index < -0.39 is 0 Å². The van der Waals surface area contributed by atoms with Crippen molar-refractivity contribution in [2.24, 2.45) is 0 Å². The van der Waals surface area contributed by atoms with Gasteiger partial charge in [0.15, 0.2) is 0 Å². The van der Waals surface area contributed by atoms with Gasteiger partial charge in [-0.1, -0.05) is 42.0 Å². The van der Waals surface area contributed by atoms with E-state index in [0.29, 0.717) is 18.8 Å². The van der Waals surface area contributed by atoms with Crippen LogP contribution in [0.2, 0.25) is 0 Å². The summed E-state index contributed by atoms with van der Waals surface area (Å²) in [5.74, 6) is 0.522. The van der Waals surface area contributed by atoms with Crippen molar-refractivity contribution in [3.05, 3.63) is 71.0 Å². The zero-order valence-corrected chi connectivity index (χ0v) is 16.5. The van der Waals surface area contributed by atoms with E-state index in [2.05, 4.69) is 29.6 Å². The molecule has 0 spiro atoms. The number of rotatable bonds is 9. The predicted octanol–water partition coefficient (Wildman–Crippen LogP) is 3.53. The number of carbonyl (C=O) groups excluding carboxylic acids is 2. The number of likely N-dealkylation sites (N-methyl/N-ethyl adjacent to an activating group) is 1. The van der Waals surface area contributed by atoms with Crippen LogP contribution in [0.5, 0.6) is 0 Å². The Balaban J connectivity index is 1.73. The molecule has 0 aliphatic carbocycles. The first-order valence-electron chi connectivity index (χ1n) is 8.90. The van der Waals surface area contributed by atoms with E-state index in [4.69, 9.17) is 0 Å². The van der Waals surface area contributed by atoms with Gasteiger partial charge in [-0.05, 0) is 37.1 Å². The van der Waals surface area contributed by atoms with Crippen LogP contribution in [0.15, 0.2) is 48.5 Å². The van der Waals surface area contributed by atoms with Crippen molar-refractivity contribution >= 4 is 23.6 Å². The molecule has 0 bridgehead atoms. The number of hydrogen-bond donors (Lipinski definition) is 1. The average molecular weight is 389 g/mol. The van der Waals surface area contributed by atoms with Gasteiger partial charge in [-0.25, -0.2) is 4.39 Å². The SMILES string of the molecule is CCN(CC(=O)NCc1ccc(F)cc1)C(=O)CSCc1ccc(C)cc1. The molecule has 27 heavy (non-hydrogen) atoms. The van der Waals surface area contributed by atoms with Gasteiger partial charge in [0.1, 0.15) is 5.82 Å². The molecule has 6 heteroatoms. The minimum absolute atomic E-state index is 0.0294. The van der Waals surface area contributed by atoms with Gasteiger partial charge in [0.05, 0.1) is 12.3 Å². The average Bonchev–Trinajstić information content (AvgIpc) is 2.67. The van der Waals surface area contributed by atoms with Crippen LogP contribution in [0.3, 0.4) is 0 Å². The van der Waals surface area contributed by atoms with E-state index in [9.17, 15) is 14.0 Å². The normalized spacial score (nSPS) is 10.5. The Bertz CT molecular complexity index is 748. The standard InChI is InChI=1S/C21H25FN2O2S/c1-3-24(13-20(25)23-12-17-8-10-19(22)11-9-17)21(26)15-27-14-18-6-4-16(2)5-7-18/h4-11H,3,12-15H2,1-2H3,(H,23,25). The van der Waals surface area contributed by atoms with Crippen molar-refractivity contribution in [1.82, 2.24) is 10.2 Å². The van der Waals surface area contributed by atoms with Gasteiger partial charge >= 0.3 is 0 Å². The molecule has 2 amide bonds. The zero-order chi connectivity index (χ0) is 19.6. The summed E-state index contributed by atoms with van der Waals surface area (Å²) in [6.45, 7) is 4.72. The van der Waals surface area contributed by atoms with Gasteiger partial charge in [-0.15, -0.1) is 11.8 Å². The van der Waals surface area contributed by atoms with Crippen molar-refractivity contribution in [1.29, 1.82) is 0 Å². The lowest BCUT2D eigenvalue weighted by atomic mass is 10.2. The maximum atomic E-state index is 12.9. The van der Waals surface area contributed by atoms with Gasteiger partial charge < -0.3 is 10.2 Å². The van der Waals surface area contributed by atoms with Crippen molar-refractivity contribution in [3.8, 4) is 0 Å². The molecule has 0 saturated heterocycles. The maximum absolute atomic E-state index is 12.9. The molecule has 0 fully saturated rings. The molecule has 0 unspecified atom stereocenters. The predicted molar refractivity (Wildman–Crippen MR) is 108 cm³/mol. The molecule has 0 saturated carbocycles. The largest absolute Gasteiger partial charge is 0.350 e. The Morgan fingerprint density at radius 3 is 2.30 bits per heavy atom. The second-order valence-electron chi connectivity index (χ2n) is 6.29. The summed E-state index contributed by atoms with van der Waals surface area (Å²) in [5, 5.41) is 2.76. The highest BCUT2D eigenvalue weighted by Gasteiger charge is 2.15. The highest BCUT2D eigenvalue weighted by atomic mass is 32.2. The van der Waals surface area contributed by atoms with Gasteiger partial charge in [0.25, 0.3) is 0 Å². The molecule has 0 heterocycles. The summed E-state index contributed by atoms with van der Waals surface area (Å²) in [4.78, 5) is 26.0. The van der Waals surface area contributed by atoms with E-state index in [1.165, 1.54) is 23.3 Å². The first kappa shape index (κ1) is 21.0. The van der Waals surface area contributed by atoms with E-state index in [0.717, 1.165) is 11.3 Å². The third-order valence-corrected chi connectivity index (χ3v) is 5.08. The molecular weight excluding hydrogens is 363 g/mol. The third kappa shape index (κ3) is 7.43. The number of thioether (sulfide) groups is 1. The molecule has 2 rings (SSSR count). The monoisotopic (exact) mass is 388 g/mol. The number of nitrogens with one attached hydrogen (secondary N) is 1. The smallest absolute Gasteiger partial charge is 0.239 e. The first-order chi connectivity index (χ1) is 13.0. The van der Waals surface area contributed by atoms with Crippen LogP contribution < -0.4 is 5.32 Å². The molecule has 0 aliphatic rings. The van der Waals surface area contributed by atoms with Crippen LogP contribution in [0, 0.1) is 12.7 Å². The third-order valence-electron chi connectivity index (χ3n) is 4.09. The zero-order valence-electron chi connectivity index (χ0n) is 15.7. The number of aryl methyl sites for hydroxylation is 1. The lowest BCUT2D eigenvalue weighted by Crippen LogP contribution is -2.41. The van der Waals surface area contributed by atoms with Crippen LogP contribution in [-0.2, 0) is 21.9 Å². The summed E-state index contributed by atoms with van der Waals surface area (Å²) in [5.41, 5.74) is 3.20. The number of hydrogen-bond acceptors (Lipinski definition) is 3. The molecule has 0 aromatic heterocycles. The summed E-state index contributed by atoms with van der Waals surface area (Å²) in [6.07, 6.45) is 0. The fourth-order valence-electron chi connectivity index (χ4n) is 2.44. The molecule has 4 nitrogen and oxygen atoms in total. The Morgan fingerprint density at radius 1 is 1.04 bits per heavy atom. The molecule has 2 aromatic rings. The van der Waals surface area contributed by atoms with Crippen LogP contribution in [0.1, 0.15) is 23.6 Å². The minimum atomic E-state index is -0.309. The summed E-state index contributed by atoms with van der Waals surface area (Å²) in [6, 6.07) is 14.2. The lowest BCUT2D eigenvalue weighted by molar-refractivity contribution is -0.133. The molecule has 0 atom stereocenters. The van der Waals surface area contributed by atoms with E-state index >= 15 is 0 Å². The Morgan fingerprint density at radius 2 is 1.67 bits per heavy atom. The molecule has 144 valence electrons. The van der Waals surface area contributed by atoms with Crippen molar-refractivity contribution in [3.63, 3.8) is 0 Å². The topological polar surface area (TPSA) is 49.4 Å². The van der Waals surface area contributed by atoms with Gasteiger partial charge in [0, 0.05) is 18.8 Å². The molecule has 0 radical (unpaired) electrons. The molecular formula is C21H25FN2O2S. The summed E-state index contributed by atoms with van der Waals surface area (Å²) >= 11 is 1.54. The molecule has 1 N–H and O–H groups in total. The summed E-state index contributed by atoms with van der Waals surface area (Å²) < 4.78 is 12.9. The fourth-order valence-corrected chi connectivity index (χ4v) is 3.33. The lowest BCUT2D eigenvalue weighted by Gasteiger charge is -2.20. The first-order valence-corrected chi connectivity index (χ1v) is 10.1. The highest BCUT2D eigenvalue weighted by Crippen LogP contribution is 2.13. The Labute approximate surface area is 164 Å². The van der Waals surface area contributed by atoms with Crippen LogP contribution in [0.4, 0.5) is 4.39 Å². The number of nitrogens with zero attached hydrogens (tertiary/aromatic N) is 1. The van der Waals surface area contributed by atoms with Crippen LogP contribution in [-0.4, -0.2) is 35.6 Å². The van der Waals surface area contributed by atoms with E-state index in [-0.39, 0.29) is 24.2 Å². The molecule has 2 aromatic carbocycles. The van der Waals surface area contributed by atoms with E-state index in [1.807, 2.05) is 13.8 Å².